The fraction of sp³-hybridized carbons (Fsp3) is 0.625. The summed E-state index contributed by atoms with van der Waals surface area (Å²) in [5, 5.41) is 3.30. The van der Waals surface area contributed by atoms with E-state index in [1.807, 2.05) is 19.2 Å². The van der Waals surface area contributed by atoms with E-state index < -0.39 is 0 Å². The summed E-state index contributed by atoms with van der Waals surface area (Å²) < 4.78 is 5.21. The Morgan fingerprint density at radius 2 is 1.80 bits per heavy atom. The highest BCUT2D eigenvalue weighted by Gasteiger charge is 2.22. The molecule has 1 saturated heterocycles. The maximum absolute atomic E-state index is 5.21. The Bertz CT molecular complexity index is 385. The Kier molecular flexibility index (Phi) is 5.68. The molecule has 2 rings (SSSR count). The van der Waals surface area contributed by atoms with Crippen LogP contribution in [-0.4, -0.2) is 57.8 Å². The van der Waals surface area contributed by atoms with Crippen LogP contribution in [0.15, 0.2) is 24.3 Å². The Morgan fingerprint density at radius 1 is 1.15 bits per heavy atom. The van der Waals surface area contributed by atoms with Crippen LogP contribution >= 0.6 is 0 Å². The topological polar surface area (TPSA) is 27.7 Å². The molecule has 0 amide bonds. The maximum Gasteiger partial charge on any atom is 0.119 e. The van der Waals surface area contributed by atoms with E-state index in [1.54, 1.807) is 7.11 Å². The third-order valence-electron chi connectivity index (χ3n) is 4.18. The molecule has 0 radical (unpaired) electrons. The second kappa shape index (κ2) is 7.50. The number of benzene rings is 1. The molecule has 1 atom stereocenters. The van der Waals surface area contributed by atoms with Gasteiger partial charge < -0.3 is 15.0 Å². The first-order valence-electron chi connectivity index (χ1n) is 7.56. The molecule has 4 nitrogen and oxygen atoms in total. The molecule has 0 bridgehead atoms. The Morgan fingerprint density at radius 3 is 2.30 bits per heavy atom. The number of piperazine rings is 1. The zero-order valence-electron chi connectivity index (χ0n) is 12.9. The van der Waals surface area contributed by atoms with Gasteiger partial charge in [-0.3, -0.25) is 4.90 Å². The van der Waals surface area contributed by atoms with Crippen LogP contribution in [0.3, 0.4) is 0 Å². The summed E-state index contributed by atoms with van der Waals surface area (Å²) >= 11 is 0. The smallest absolute Gasteiger partial charge is 0.119 e. The summed E-state index contributed by atoms with van der Waals surface area (Å²) in [7, 11) is 3.75. The summed E-state index contributed by atoms with van der Waals surface area (Å²) in [5.41, 5.74) is 1.30. The van der Waals surface area contributed by atoms with Gasteiger partial charge in [0.05, 0.1) is 7.11 Å². The van der Waals surface area contributed by atoms with Crippen LogP contribution in [-0.2, 0) is 0 Å². The van der Waals surface area contributed by atoms with Crippen LogP contribution in [0.5, 0.6) is 5.75 Å². The molecule has 1 fully saturated rings. The molecule has 0 aromatic heterocycles. The minimum atomic E-state index is 0.665. The van der Waals surface area contributed by atoms with Gasteiger partial charge in [-0.05, 0) is 37.7 Å². The quantitative estimate of drug-likeness (QED) is 0.858. The Labute approximate surface area is 122 Å². The lowest BCUT2D eigenvalue weighted by atomic mass is 10.1. The molecular weight excluding hydrogens is 250 g/mol. The van der Waals surface area contributed by atoms with Crippen LogP contribution in [0.25, 0.3) is 0 Å². The molecule has 4 heteroatoms. The lowest BCUT2D eigenvalue weighted by Gasteiger charge is -2.40. The zero-order chi connectivity index (χ0) is 14.4. The molecule has 1 aromatic rings. The number of anilines is 1. The molecule has 1 heterocycles. The van der Waals surface area contributed by atoms with E-state index >= 15 is 0 Å². The summed E-state index contributed by atoms with van der Waals surface area (Å²) in [4.78, 5) is 5.07. The molecule has 112 valence electrons. The predicted octanol–water partition coefficient (Wildman–Crippen LogP) is 1.82. The molecule has 1 aliphatic heterocycles. The monoisotopic (exact) mass is 277 g/mol. The normalized spacial score (nSPS) is 18.1. The highest BCUT2D eigenvalue weighted by molar-refractivity contribution is 5.49. The second-order valence-electron chi connectivity index (χ2n) is 5.34. The van der Waals surface area contributed by atoms with E-state index in [1.165, 1.54) is 12.1 Å². The van der Waals surface area contributed by atoms with Crippen molar-refractivity contribution < 1.29 is 4.74 Å². The van der Waals surface area contributed by atoms with Gasteiger partial charge in [-0.15, -0.1) is 0 Å². The molecular formula is C16H27N3O. The van der Waals surface area contributed by atoms with Gasteiger partial charge in [-0.25, -0.2) is 0 Å². The van der Waals surface area contributed by atoms with E-state index in [0.29, 0.717) is 6.04 Å². The number of nitrogens with one attached hydrogen (secondary N) is 1. The van der Waals surface area contributed by atoms with Crippen molar-refractivity contribution in [2.24, 2.45) is 0 Å². The molecule has 0 saturated carbocycles. The highest BCUT2D eigenvalue weighted by atomic mass is 16.5. The van der Waals surface area contributed by atoms with Crippen molar-refractivity contribution in [3.63, 3.8) is 0 Å². The van der Waals surface area contributed by atoms with Crippen LogP contribution in [0.1, 0.15) is 13.3 Å². The molecule has 0 spiro atoms. The van der Waals surface area contributed by atoms with Crippen LogP contribution in [0.2, 0.25) is 0 Å². The largest absolute Gasteiger partial charge is 0.497 e. The van der Waals surface area contributed by atoms with Crippen molar-refractivity contribution in [1.82, 2.24) is 10.2 Å². The molecule has 1 aliphatic rings. The number of hydrogen-bond acceptors (Lipinski definition) is 4. The van der Waals surface area contributed by atoms with E-state index in [-0.39, 0.29) is 0 Å². The van der Waals surface area contributed by atoms with Crippen molar-refractivity contribution in [3.05, 3.63) is 24.3 Å². The van der Waals surface area contributed by atoms with Gasteiger partial charge >= 0.3 is 0 Å². The highest BCUT2D eigenvalue weighted by Crippen LogP contribution is 2.21. The average Bonchev–Trinajstić information content (AvgIpc) is 2.53. The summed E-state index contributed by atoms with van der Waals surface area (Å²) in [6.45, 7) is 7.86. The van der Waals surface area contributed by atoms with Crippen molar-refractivity contribution in [2.45, 2.75) is 19.4 Å². The van der Waals surface area contributed by atoms with Crippen molar-refractivity contribution in [2.75, 3.05) is 51.8 Å². The second-order valence-corrected chi connectivity index (χ2v) is 5.34. The molecule has 1 N–H and O–H groups in total. The van der Waals surface area contributed by atoms with Crippen molar-refractivity contribution in [3.8, 4) is 5.75 Å². The number of ether oxygens (including phenoxy) is 1. The van der Waals surface area contributed by atoms with E-state index in [2.05, 4.69) is 34.2 Å². The van der Waals surface area contributed by atoms with Crippen LogP contribution in [0.4, 0.5) is 5.69 Å². The molecule has 1 aromatic carbocycles. The lowest BCUT2D eigenvalue weighted by Crippen LogP contribution is -2.52. The maximum atomic E-state index is 5.21. The van der Waals surface area contributed by atoms with Gasteiger partial charge in [0, 0.05) is 44.5 Å². The third-order valence-corrected chi connectivity index (χ3v) is 4.18. The van der Waals surface area contributed by atoms with Gasteiger partial charge in [0.15, 0.2) is 0 Å². The Balaban J connectivity index is 1.89. The van der Waals surface area contributed by atoms with Crippen LogP contribution < -0.4 is 15.0 Å². The minimum absolute atomic E-state index is 0.665. The van der Waals surface area contributed by atoms with Crippen molar-refractivity contribution in [1.29, 1.82) is 0 Å². The van der Waals surface area contributed by atoms with Crippen LogP contribution in [0, 0.1) is 0 Å². The molecule has 0 aliphatic carbocycles. The van der Waals surface area contributed by atoms with Gasteiger partial charge in [-0.2, -0.15) is 0 Å². The SMILES string of the molecule is CCC(CNC)N1CCN(c2ccc(OC)cc2)CC1. The van der Waals surface area contributed by atoms with Gasteiger partial charge in [-0.1, -0.05) is 6.92 Å². The van der Waals surface area contributed by atoms with Gasteiger partial charge in [0.1, 0.15) is 5.75 Å². The first kappa shape index (κ1) is 15.1. The van der Waals surface area contributed by atoms with Gasteiger partial charge in [0.2, 0.25) is 0 Å². The predicted molar refractivity (Wildman–Crippen MR) is 84.8 cm³/mol. The van der Waals surface area contributed by atoms with E-state index in [9.17, 15) is 0 Å². The standard InChI is InChI=1S/C16H27N3O/c1-4-14(13-17-2)18-9-11-19(12-10-18)15-5-7-16(20-3)8-6-15/h5-8,14,17H,4,9-13H2,1-3H3. The molecule has 1 unspecified atom stereocenters. The summed E-state index contributed by atoms with van der Waals surface area (Å²) in [6, 6.07) is 9.05. The number of rotatable bonds is 6. The van der Waals surface area contributed by atoms with E-state index in [4.69, 9.17) is 4.74 Å². The number of methoxy groups -OCH3 is 1. The van der Waals surface area contributed by atoms with Crippen molar-refractivity contribution >= 4 is 5.69 Å². The Hall–Kier alpha value is -1.26. The number of hydrogen-bond donors (Lipinski definition) is 1. The minimum Gasteiger partial charge on any atom is -0.497 e. The fourth-order valence-corrected chi connectivity index (χ4v) is 2.91. The lowest BCUT2D eigenvalue weighted by molar-refractivity contribution is 0.178. The average molecular weight is 277 g/mol. The molecule has 20 heavy (non-hydrogen) atoms. The first-order chi connectivity index (χ1) is 9.78. The first-order valence-corrected chi connectivity index (χ1v) is 7.56. The number of nitrogens with zero attached hydrogens (tertiary/aromatic N) is 2. The fourth-order valence-electron chi connectivity index (χ4n) is 2.91. The summed E-state index contributed by atoms with van der Waals surface area (Å²) in [6.07, 6.45) is 1.21. The third kappa shape index (κ3) is 3.64. The summed E-state index contributed by atoms with van der Waals surface area (Å²) in [5.74, 6) is 0.924. The zero-order valence-corrected chi connectivity index (χ0v) is 12.9. The van der Waals surface area contributed by atoms with E-state index in [0.717, 1.165) is 38.5 Å². The van der Waals surface area contributed by atoms with Gasteiger partial charge in [0.25, 0.3) is 0 Å². The number of likely N-dealkylation sites (N-methyl/N-ethyl adjacent to an activating group) is 1.